The van der Waals surface area contributed by atoms with Gasteiger partial charge in [0.1, 0.15) is 12.4 Å². The van der Waals surface area contributed by atoms with E-state index in [2.05, 4.69) is 37.3 Å². The standard InChI is InChI=1S/C22H24FNO2.2C2H6/c1-4-26-22(25)14-24-16(3)19(20-13-18(23)10-11-21(20)24)12-17-7-5-6-15(2)8-9-17;2*1-2/h5-11,13,15H,4,12,14H2,1-3H3;2*1-2H3. The van der Waals surface area contributed by atoms with Crippen LogP contribution in [0.5, 0.6) is 0 Å². The zero-order valence-electron chi connectivity index (χ0n) is 19.5. The van der Waals surface area contributed by atoms with E-state index in [-0.39, 0.29) is 18.3 Å². The van der Waals surface area contributed by atoms with Crippen molar-refractivity contribution in [2.24, 2.45) is 5.92 Å². The van der Waals surface area contributed by atoms with Crippen LogP contribution >= 0.6 is 0 Å². The van der Waals surface area contributed by atoms with Gasteiger partial charge in [0.25, 0.3) is 0 Å². The summed E-state index contributed by atoms with van der Waals surface area (Å²) in [6.45, 7) is 14.4. The predicted octanol–water partition coefficient (Wildman–Crippen LogP) is 6.94. The number of rotatable bonds is 5. The molecular weight excluding hydrogens is 377 g/mol. The molecule has 0 N–H and O–H groups in total. The number of carbonyl (C=O) groups is 1. The van der Waals surface area contributed by atoms with Crippen molar-refractivity contribution in [3.63, 3.8) is 0 Å². The van der Waals surface area contributed by atoms with Crippen LogP contribution in [0.15, 0.2) is 54.2 Å². The molecule has 0 saturated carbocycles. The second-order valence-electron chi connectivity index (χ2n) is 6.64. The molecule has 0 spiro atoms. The SMILES string of the molecule is CC.CC.CCOC(=O)Cn1c(C)c(CC2=CC=CC(C)C=C2)c2cc(F)ccc21. The molecule has 30 heavy (non-hydrogen) atoms. The van der Waals surface area contributed by atoms with Crippen LogP contribution in [-0.2, 0) is 22.5 Å². The molecule has 3 nitrogen and oxygen atoms in total. The topological polar surface area (TPSA) is 31.2 Å². The number of carbonyl (C=O) groups excluding carboxylic acids is 1. The van der Waals surface area contributed by atoms with E-state index in [1.807, 2.05) is 39.2 Å². The highest BCUT2D eigenvalue weighted by Gasteiger charge is 2.18. The molecule has 4 heteroatoms. The number of hydrogen-bond acceptors (Lipinski definition) is 2. The van der Waals surface area contributed by atoms with Gasteiger partial charge >= 0.3 is 5.97 Å². The molecule has 0 radical (unpaired) electrons. The third-order valence-electron chi connectivity index (χ3n) is 4.73. The van der Waals surface area contributed by atoms with Crippen LogP contribution in [0.1, 0.15) is 52.8 Å². The number of hydrogen-bond donors (Lipinski definition) is 0. The Bertz CT molecular complexity index is 919. The van der Waals surface area contributed by atoms with Crippen LogP contribution in [0.3, 0.4) is 0 Å². The molecule has 0 amide bonds. The fraction of sp³-hybridized carbons (Fsp3) is 0.423. The number of ether oxygens (including phenoxy) is 1. The lowest BCUT2D eigenvalue weighted by Gasteiger charge is -2.08. The Morgan fingerprint density at radius 2 is 1.87 bits per heavy atom. The lowest BCUT2D eigenvalue weighted by molar-refractivity contribution is -0.143. The minimum absolute atomic E-state index is 0.133. The van der Waals surface area contributed by atoms with Crippen LogP contribution in [0, 0.1) is 18.7 Å². The fourth-order valence-corrected chi connectivity index (χ4v) is 3.36. The summed E-state index contributed by atoms with van der Waals surface area (Å²) in [5.41, 5.74) is 4.03. The predicted molar refractivity (Wildman–Crippen MR) is 125 cm³/mol. The van der Waals surface area contributed by atoms with Gasteiger partial charge in [-0.05, 0) is 55.5 Å². The number of benzene rings is 1. The van der Waals surface area contributed by atoms with E-state index in [9.17, 15) is 9.18 Å². The molecule has 0 aliphatic heterocycles. The van der Waals surface area contributed by atoms with Crippen LogP contribution in [-0.4, -0.2) is 17.1 Å². The van der Waals surface area contributed by atoms with Gasteiger partial charge in [-0.3, -0.25) is 4.79 Å². The zero-order valence-corrected chi connectivity index (χ0v) is 19.5. The van der Waals surface area contributed by atoms with Gasteiger partial charge in [-0.2, -0.15) is 0 Å². The lowest BCUT2D eigenvalue weighted by atomic mass is 10.0. The average Bonchev–Trinajstić information content (AvgIpc) is 2.88. The van der Waals surface area contributed by atoms with Gasteiger partial charge in [0.15, 0.2) is 0 Å². The highest BCUT2D eigenvalue weighted by atomic mass is 19.1. The Labute approximate surface area is 180 Å². The maximum Gasteiger partial charge on any atom is 0.325 e. The third kappa shape index (κ3) is 6.45. The normalized spacial score (nSPS) is 14.8. The molecule has 1 aromatic heterocycles. The maximum atomic E-state index is 13.9. The van der Waals surface area contributed by atoms with Crippen molar-refractivity contribution in [2.45, 2.75) is 61.4 Å². The van der Waals surface area contributed by atoms with Crippen molar-refractivity contribution in [3.05, 3.63) is 71.2 Å². The molecule has 1 heterocycles. The summed E-state index contributed by atoms with van der Waals surface area (Å²) in [5, 5.41) is 0.849. The summed E-state index contributed by atoms with van der Waals surface area (Å²) in [5.74, 6) is -0.160. The molecule has 1 aliphatic carbocycles. The van der Waals surface area contributed by atoms with Gasteiger partial charge in [0.05, 0.1) is 6.61 Å². The smallest absolute Gasteiger partial charge is 0.325 e. The summed E-state index contributed by atoms with van der Waals surface area (Å²) in [6.07, 6.45) is 11.3. The van der Waals surface area contributed by atoms with E-state index >= 15 is 0 Å². The molecule has 164 valence electrons. The molecule has 1 aromatic carbocycles. The zero-order chi connectivity index (χ0) is 22.7. The average molecular weight is 414 g/mol. The number of esters is 1. The molecule has 2 aromatic rings. The van der Waals surface area contributed by atoms with E-state index in [0.29, 0.717) is 18.9 Å². The first kappa shape index (κ1) is 25.4. The number of nitrogens with zero attached hydrogens (tertiary/aromatic N) is 1. The fourth-order valence-electron chi connectivity index (χ4n) is 3.36. The first-order valence-electron chi connectivity index (χ1n) is 11.0. The van der Waals surface area contributed by atoms with Gasteiger partial charge in [0.2, 0.25) is 0 Å². The Morgan fingerprint density at radius 1 is 1.17 bits per heavy atom. The Hall–Kier alpha value is -2.62. The molecule has 0 saturated heterocycles. The van der Waals surface area contributed by atoms with Crippen molar-refractivity contribution >= 4 is 16.9 Å². The van der Waals surface area contributed by atoms with E-state index in [4.69, 9.17) is 4.74 Å². The van der Waals surface area contributed by atoms with Crippen molar-refractivity contribution in [2.75, 3.05) is 6.61 Å². The summed E-state index contributed by atoms with van der Waals surface area (Å²) in [7, 11) is 0. The number of aromatic nitrogens is 1. The summed E-state index contributed by atoms with van der Waals surface area (Å²) in [6, 6.07) is 4.72. The summed E-state index contributed by atoms with van der Waals surface area (Å²) in [4.78, 5) is 12.0. The van der Waals surface area contributed by atoms with Gasteiger partial charge in [-0.1, -0.05) is 65.0 Å². The van der Waals surface area contributed by atoms with Crippen molar-refractivity contribution < 1.29 is 13.9 Å². The molecule has 0 bridgehead atoms. The maximum absolute atomic E-state index is 13.9. The van der Waals surface area contributed by atoms with E-state index < -0.39 is 0 Å². The second-order valence-corrected chi connectivity index (χ2v) is 6.64. The number of allylic oxidation sites excluding steroid dienone is 6. The van der Waals surface area contributed by atoms with E-state index in [0.717, 1.165) is 27.7 Å². The largest absolute Gasteiger partial charge is 0.465 e. The highest BCUT2D eigenvalue weighted by Crippen LogP contribution is 2.29. The lowest BCUT2D eigenvalue weighted by Crippen LogP contribution is -2.14. The summed E-state index contributed by atoms with van der Waals surface area (Å²) >= 11 is 0. The molecule has 1 unspecified atom stereocenters. The van der Waals surface area contributed by atoms with Crippen LogP contribution in [0.4, 0.5) is 4.39 Å². The highest BCUT2D eigenvalue weighted by molar-refractivity contribution is 5.87. The van der Waals surface area contributed by atoms with Crippen LogP contribution in [0.25, 0.3) is 10.9 Å². The summed E-state index contributed by atoms with van der Waals surface area (Å²) < 4.78 is 20.9. The second kappa shape index (κ2) is 12.8. The molecular formula is C26H36FNO2. The van der Waals surface area contributed by atoms with Crippen molar-refractivity contribution in [1.29, 1.82) is 0 Å². The Morgan fingerprint density at radius 3 is 2.53 bits per heavy atom. The van der Waals surface area contributed by atoms with Gasteiger partial charge in [0, 0.05) is 16.6 Å². The minimum atomic E-state index is -0.284. The van der Waals surface area contributed by atoms with Crippen LogP contribution in [0.2, 0.25) is 0 Å². The minimum Gasteiger partial charge on any atom is -0.465 e. The van der Waals surface area contributed by atoms with Crippen LogP contribution < -0.4 is 0 Å². The first-order valence-corrected chi connectivity index (χ1v) is 11.0. The first-order chi connectivity index (χ1) is 14.5. The Balaban J connectivity index is 0.00000106. The quantitative estimate of drug-likeness (QED) is 0.497. The molecule has 1 aliphatic rings. The van der Waals surface area contributed by atoms with Crippen molar-refractivity contribution in [1.82, 2.24) is 4.57 Å². The van der Waals surface area contributed by atoms with Gasteiger partial charge < -0.3 is 9.30 Å². The van der Waals surface area contributed by atoms with E-state index in [1.54, 1.807) is 19.1 Å². The monoisotopic (exact) mass is 413 g/mol. The van der Waals surface area contributed by atoms with Gasteiger partial charge in [-0.25, -0.2) is 4.39 Å². The van der Waals surface area contributed by atoms with Gasteiger partial charge in [-0.15, -0.1) is 0 Å². The van der Waals surface area contributed by atoms with E-state index in [1.165, 1.54) is 6.07 Å². The molecule has 0 fully saturated rings. The number of fused-ring (bicyclic) bond motifs is 1. The molecule has 1 atom stereocenters. The number of halogens is 1. The van der Waals surface area contributed by atoms with Crippen molar-refractivity contribution in [3.8, 4) is 0 Å². The Kier molecular flexibility index (Phi) is 10.9. The third-order valence-corrected chi connectivity index (χ3v) is 4.73. The molecule has 3 rings (SSSR count).